The van der Waals surface area contributed by atoms with Crippen LogP contribution in [0.15, 0.2) is 18.2 Å². The SMILES string of the molecule is COC[C@H](C)Oc1ccc(Cl)cc1[N+](=O)[O-]. The van der Waals surface area contributed by atoms with E-state index in [4.69, 9.17) is 21.1 Å². The van der Waals surface area contributed by atoms with Crippen LogP contribution < -0.4 is 4.74 Å². The molecule has 5 nitrogen and oxygen atoms in total. The van der Waals surface area contributed by atoms with E-state index in [0.717, 1.165) is 0 Å². The molecule has 1 aromatic rings. The molecule has 0 spiro atoms. The molecule has 6 heteroatoms. The van der Waals surface area contributed by atoms with E-state index in [1.807, 2.05) is 0 Å². The molecule has 16 heavy (non-hydrogen) atoms. The number of nitro groups is 1. The van der Waals surface area contributed by atoms with Crippen molar-refractivity contribution in [3.8, 4) is 5.75 Å². The minimum Gasteiger partial charge on any atom is -0.481 e. The van der Waals surface area contributed by atoms with Gasteiger partial charge in [-0.2, -0.15) is 0 Å². The maximum absolute atomic E-state index is 10.7. The number of rotatable bonds is 5. The molecule has 0 amide bonds. The minimum atomic E-state index is -0.527. The van der Waals surface area contributed by atoms with Crippen molar-refractivity contribution in [2.45, 2.75) is 13.0 Å². The highest BCUT2D eigenvalue weighted by Gasteiger charge is 2.17. The molecule has 0 saturated heterocycles. The van der Waals surface area contributed by atoms with Crippen molar-refractivity contribution in [1.29, 1.82) is 0 Å². The molecular weight excluding hydrogens is 234 g/mol. The maximum Gasteiger partial charge on any atom is 0.312 e. The van der Waals surface area contributed by atoms with Gasteiger partial charge < -0.3 is 9.47 Å². The largest absolute Gasteiger partial charge is 0.481 e. The molecule has 1 rings (SSSR count). The molecule has 0 fully saturated rings. The normalized spacial score (nSPS) is 12.2. The summed E-state index contributed by atoms with van der Waals surface area (Å²) >= 11 is 5.67. The van der Waals surface area contributed by atoms with Gasteiger partial charge >= 0.3 is 5.69 Å². The summed E-state index contributed by atoms with van der Waals surface area (Å²) in [6, 6.07) is 4.28. The lowest BCUT2D eigenvalue weighted by Crippen LogP contribution is -2.18. The number of nitrogens with zero attached hydrogens (tertiary/aromatic N) is 1. The molecule has 0 aliphatic heterocycles. The van der Waals surface area contributed by atoms with Crippen LogP contribution in [-0.4, -0.2) is 24.7 Å². The first kappa shape index (κ1) is 12.7. The van der Waals surface area contributed by atoms with Crippen molar-refractivity contribution in [3.05, 3.63) is 33.3 Å². The van der Waals surface area contributed by atoms with Crippen LogP contribution in [0.5, 0.6) is 5.75 Å². The van der Waals surface area contributed by atoms with Gasteiger partial charge in [-0.15, -0.1) is 0 Å². The van der Waals surface area contributed by atoms with Crippen molar-refractivity contribution in [3.63, 3.8) is 0 Å². The van der Waals surface area contributed by atoms with Crippen LogP contribution in [-0.2, 0) is 4.74 Å². The lowest BCUT2D eigenvalue weighted by Gasteiger charge is -2.13. The molecular formula is C10H12ClNO4. The summed E-state index contributed by atoms with van der Waals surface area (Å²) in [4.78, 5) is 10.2. The predicted octanol–water partition coefficient (Wildman–Crippen LogP) is 2.66. The summed E-state index contributed by atoms with van der Waals surface area (Å²) in [7, 11) is 1.54. The van der Waals surface area contributed by atoms with Crippen molar-refractivity contribution >= 4 is 17.3 Å². The third kappa shape index (κ3) is 3.36. The number of hydrogen-bond donors (Lipinski definition) is 0. The van der Waals surface area contributed by atoms with E-state index in [1.165, 1.54) is 19.2 Å². The van der Waals surface area contributed by atoms with E-state index in [2.05, 4.69) is 0 Å². The highest BCUT2D eigenvalue weighted by atomic mass is 35.5. The molecule has 1 atom stereocenters. The molecule has 1 aromatic carbocycles. The van der Waals surface area contributed by atoms with Crippen molar-refractivity contribution in [2.75, 3.05) is 13.7 Å². The van der Waals surface area contributed by atoms with Gasteiger partial charge in [0.25, 0.3) is 0 Å². The lowest BCUT2D eigenvalue weighted by atomic mass is 10.3. The van der Waals surface area contributed by atoms with E-state index in [1.54, 1.807) is 13.0 Å². The van der Waals surface area contributed by atoms with Gasteiger partial charge in [0.15, 0.2) is 5.75 Å². The molecule has 0 radical (unpaired) electrons. The summed E-state index contributed by atoms with van der Waals surface area (Å²) in [5.74, 6) is 0.193. The summed E-state index contributed by atoms with van der Waals surface area (Å²) in [6.07, 6.45) is -0.259. The smallest absolute Gasteiger partial charge is 0.312 e. The number of hydrogen-bond acceptors (Lipinski definition) is 4. The topological polar surface area (TPSA) is 61.6 Å². The van der Waals surface area contributed by atoms with Crippen molar-refractivity contribution in [1.82, 2.24) is 0 Å². The summed E-state index contributed by atoms with van der Waals surface area (Å²) in [5, 5.41) is 11.1. The zero-order valence-corrected chi connectivity index (χ0v) is 9.73. The lowest BCUT2D eigenvalue weighted by molar-refractivity contribution is -0.386. The Hall–Kier alpha value is -1.33. The van der Waals surface area contributed by atoms with Crippen LogP contribution in [0, 0.1) is 10.1 Å². The van der Waals surface area contributed by atoms with Gasteiger partial charge in [-0.1, -0.05) is 11.6 Å². The second kappa shape index (κ2) is 5.67. The Bertz CT molecular complexity index is 383. The van der Waals surface area contributed by atoms with E-state index < -0.39 is 4.92 Å². The molecule has 0 heterocycles. The van der Waals surface area contributed by atoms with Gasteiger partial charge in [0.1, 0.15) is 6.10 Å². The van der Waals surface area contributed by atoms with Crippen LogP contribution in [0.3, 0.4) is 0 Å². The Balaban J connectivity index is 2.90. The van der Waals surface area contributed by atoms with E-state index in [9.17, 15) is 10.1 Å². The second-order valence-electron chi connectivity index (χ2n) is 3.25. The Morgan fingerprint density at radius 3 is 2.81 bits per heavy atom. The average molecular weight is 246 g/mol. The zero-order chi connectivity index (χ0) is 12.1. The fourth-order valence-electron chi connectivity index (χ4n) is 1.22. The molecule has 0 N–H and O–H groups in total. The van der Waals surface area contributed by atoms with Gasteiger partial charge in [0, 0.05) is 18.2 Å². The fraction of sp³-hybridized carbons (Fsp3) is 0.400. The van der Waals surface area contributed by atoms with Crippen molar-refractivity contribution in [2.24, 2.45) is 0 Å². The molecule has 0 aliphatic carbocycles. The highest BCUT2D eigenvalue weighted by molar-refractivity contribution is 6.30. The van der Waals surface area contributed by atoms with E-state index in [0.29, 0.717) is 11.6 Å². The fourth-order valence-corrected chi connectivity index (χ4v) is 1.38. The number of benzene rings is 1. The standard InChI is InChI=1S/C10H12ClNO4/c1-7(6-15-2)16-10-4-3-8(11)5-9(10)12(13)14/h3-5,7H,6H2,1-2H3/t7-/m0/s1. The first-order chi connectivity index (χ1) is 7.54. The molecule has 0 unspecified atom stereocenters. The number of nitro benzene ring substituents is 1. The molecule has 0 aliphatic rings. The third-order valence-electron chi connectivity index (χ3n) is 1.85. The van der Waals surface area contributed by atoms with Gasteiger partial charge in [-0.05, 0) is 19.1 Å². The first-order valence-corrected chi connectivity index (χ1v) is 5.02. The Morgan fingerprint density at radius 1 is 1.56 bits per heavy atom. The van der Waals surface area contributed by atoms with Gasteiger partial charge in [0.05, 0.1) is 11.5 Å². The van der Waals surface area contributed by atoms with Crippen molar-refractivity contribution < 1.29 is 14.4 Å². The van der Waals surface area contributed by atoms with E-state index in [-0.39, 0.29) is 17.5 Å². The molecule has 0 saturated carbocycles. The predicted molar refractivity (Wildman–Crippen MR) is 60.1 cm³/mol. The number of methoxy groups -OCH3 is 1. The second-order valence-corrected chi connectivity index (χ2v) is 3.69. The highest BCUT2D eigenvalue weighted by Crippen LogP contribution is 2.30. The first-order valence-electron chi connectivity index (χ1n) is 4.64. The van der Waals surface area contributed by atoms with Crippen LogP contribution in [0.2, 0.25) is 5.02 Å². The third-order valence-corrected chi connectivity index (χ3v) is 2.08. The van der Waals surface area contributed by atoms with E-state index >= 15 is 0 Å². The van der Waals surface area contributed by atoms with Gasteiger partial charge in [-0.3, -0.25) is 10.1 Å². The Morgan fingerprint density at radius 2 is 2.25 bits per heavy atom. The quantitative estimate of drug-likeness (QED) is 0.591. The summed E-state index contributed by atoms with van der Waals surface area (Å²) in [5.41, 5.74) is -0.143. The van der Waals surface area contributed by atoms with Crippen LogP contribution in [0.4, 0.5) is 5.69 Å². The number of ether oxygens (including phenoxy) is 2. The van der Waals surface area contributed by atoms with Crippen LogP contribution in [0.25, 0.3) is 0 Å². The summed E-state index contributed by atoms with van der Waals surface area (Å²) in [6.45, 7) is 2.13. The zero-order valence-electron chi connectivity index (χ0n) is 8.97. The van der Waals surface area contributed by atoms with Crippen LogP contribution >= 0.6 is 11.6 Å². The average Bonchev–Trinajstić information content (AvgIpc) is 2.20. The molecule has 0 aromatic heterocycles. The Kier molecular flexibility index (Phi) is 4.52. The van der Waals surface area contributed by atoms with Gasteiger partial charge in [-0.25, -0.2) is 0 Å². The van der Waals surface area contributed by atoms with Gasteiger partial charge in [0.2, 0.25) is 0 Å². The Labute approximate surface area is 98.1 Å². The summed E-state index contributed by atoms with van der Waals surface area (Å²) < 4.78 is 10.3. The minimum absolute atomic E-state index is 0.143. The monoisotopic (exact) mass is 245 g/mol. The number of halogens is 1. The molecule has 88 valence electrons. The molecule has 0 bridgehead atoms. The van der Waals surface area contributed by atoms with Crippen LogP contribution in [0.1, 0.15) is 6.92 Å². The maximum atomic E-state index is 10.7.